The molecular weight excluding hydrogens is 626 g/mol. The molecule has 228 valence electrons. The number of para-hydroxylation sites is 4. The maximum atomic E-state index is 13.2. The molecule has 5 N–H and O–H groups in total. The Morgan fingerprint density at radius 2 is 1.59 bits per heavy atom. The first-order valence-corrected chi connectivity index (χ1v) is 14.8. The number of nitrogens with two attached hydrogens (primary N) is 1. The van der Waals surface area contributed by atoms with E-state index in [-0.39, 0.29) is 19.1 Å². The second kappa shape index (κ2) is 16.7. The van der Waals surface area contributed by atoms with Crippen LogP contribution in [0, 0.1) is 0 Å². The molecule has 0 spiro atoms. The van der Waals surface area contributed by atoms with Gasteiger partial charge in [-0.3, -0.25) is 10.1 Å². The second-order valence-corrected chi connectivity index (χ2v) is 10.5. The van der Waals surface area contributed by atoms with E-state index in [4.69, 9.17) is 19.9 Å². The topological polar surface area (TPSA) is 132 Å². The zero-order chi connectivity index (χ0) is 31.1. The van der Waals surface area contributed by atoms with Gasteiger partial charge in [-0.2, -0.15) is 0 Å². The molecule has 9 nitrogen and oxygen atoms in total. The average Bonchev–Trinajstić information content (AvgIpc) is 3.03. The third kappa shape index (κ3) is 9.89. The molecular formula is C34H34BrN3O6. The Balaban J connectivity index is 1.58. The third-order valence-electron chi connectivity index (χ3n) is 6.37. The van der Waals surface area contributed by atoms with Crippen molar-refractivity contribution in [2.45, 2.75) is 25.0 Å². The van der Waals surface area contributed by atoms with E-state index in [2.05, 4.69) is 26.6 Å². The number of hydrogen-bond donors (Lipinski definition) is 4. The van der Waals surface area contributed by atoms with Gasteiger partial charge >= 0.3 is 6.09 Å². The summed E-state index contributed by atoms with van der Waals surface area (Å²) < 4.78 is 19.1. The van der Waals surface area contributed by atoms with Gasteiger partial charge in [0.1, 0.15) is 24.2 Å². The molecule has 0 aliphatic rings. The molecule has 44 heavy (non-hydrogen) atoms. The van der Waals surface area contributed by atoms with Gasteiger partial charge in [0, 0.05) is 15.7 Å². The van der Waals surface area contributed by atoms with Crippen LogP contribution in [0.1, 0.15) is 24.5 Å². The second-order valence-electron chi connectivity index (χ2n) is 9.59. The van der Waals surface area contributed by atoms with E-state index in [1.165, 1.54) is 6.08 Å². The van der Waals surface area contributed by atoms with Crippen molar-refractivity contribution in [3.8, 4) is 11.5 Å². The maximum Gasteiger partial charge on any atom is 0.412 e. The standard InChI is InChI=1S/C34H34BrN3O6/c35-24-18-20-25(21-19-24)37-34(41)44-33(27-12-4-7-15-30(27)42-23-22-39)31(43-26-10-2-1-3-11-26)16-8-9-17-32(40)38-29-14-6-5-13-28(29)36/h1-7,9-15,17-21,31,33,39H,8,16,22-23,36H2,(H,37,41)(H,38,40)/b17-9+/t31-,33-/m1/s1. The highest BCUT2D eigenvalue weighted by atomic mass is 79.9. The van der Waals surface area contributed by atoms with Crippen molar-refractivity contribution in [2.24, 2.45) is 0 Å². The fraction of sp³-hybridized carbons (Fsp3) is 0.176. The maximum absolute atomic E-state index is 13.2. The first kappa shape index (κ1) is 32.1. The van der Waals surface area contributed by atoms with Crippen LogP contribution >= 0.6 is 15.9 Å². The minimum Gasteiger partial charge on any atom is -0.491 e. The summed E-state index contributed by atoms with van der Waals surface area (Å²) in [5.74, 6) is 0.697. The smallest absolute Gasteiger partial charge is 0.412 e. The lowest BCUT2D eigenvalue weighted by molar-refractivity contribution is -0.111. The van der Waals surface area contributed by atoms with Crippen LogP contribution in [0.4, 0.5) is 21.9 Å². The Morgan fingerprint density at radius 3 is 2.34 bits per heavy atom. The summed E-state index contributed by atoms with van der Waals surface area (Å²) in [6.45, 7) is -0.127. The number of hydrogen-bond acceptors (Lipinski definition) is 7. The number of anilines is 3. The van der Waals surface area contributed by atoms with Gasteiger partial charge in [-0.15, -0.1) is 0 Å². The van der Waals surface area contributed by atoms with Crippen molar-refractivity contribution in [3.05, 3.63) is 125 Å². The molecule has 0 fully saturated rings. The van der Waals surface area contributed by atoms with Gasteiger partial charge < -0.3 is 30.4 Å². The Morgan fingerprint density at radius 1 is 0.886 bits per heavy atom. The van der Waals surface area contributed by atoms with E-state index < -0.39 is 18.3 Å². The summed E-state index contributed by atoms with van der Waals surface area (Å²) in [6.07, 6.45) is 1.64. The molecule has 2 atom stereocenters. The lowest BCUT2D eigenvalue weighted by Gasteiger charge is -2.29. The van der Waals surface area contributed by atoms with Crippen LogP contribution < -0.4 is 25.8 Å². The number of carbonyl (C=O) groups excluding carboxylic acids is 2. The normalized spacial score (nSPS) is 12.2. The summed E-state index contributed by atoms with van der Waals surface area (Å²) in [6, 6.07) is 30.4. The highest BCUT2D eigenvalue weighted by molar-refractivity contribution is 9.10. The molecule has 0 bridgehead atoms. The van der Waals surface area contributed by atoms with Gasteiger partial charge in [0.2, 0.25) is 5.91 Å². The molecule has 4 aromatic carbocycles. The molecule has 0 unspecified atom stereocenters. The number of nitrogens with one attached hydrogen (secondary N) is 2. The van der Waals surface area contributed by atoms with Crippen molar-refractivity contribution in [3.63, 3.8) is 0 Å². The lowest BCUT2D eigenvalue weighted by Crippen LogP contribution is -2.31. The van der Waals surface area contributed by atoms with Crippen LogP contribution in [0.2, 0.25) is 0 Å². The summed E-state index contributed by atoms with van der Waals surface area (Å²) in [5, 5.41) is 14.9. The van der Waals surface area contributed by atoms with E-state index in [1.807, 2.05) is 36.4 Å². The fourth-order valence-electron chi connectivity index (χ4n) is 4.32. The first-order valence-electron chi connectivity index (χ1n) is 14.0. The molecule has 0 saturated carbocycles. The molecule has 2 amide bonds. The number of ether oxygens (including phenoxy) is 3. The van der Waals surface area contributed by atoms with Gasteiger partial charge in [-0.1, -0.05) is 70.5 Å². The van der Waals surface area contributed by atoms with Crippen LogP contribution in [0.25, 0.3) is 0 Å². The molecule has 4 aromatic rings. The largest absolute Gasteiger partial charge is 0.491 e. The van der Waals surface area contributed by atoms with E-state index in [9.17, 15) is 14.7 Å². The Bertz CT molecular complexity index is 1530. The van der Waals surface area contributed by atoms with E-state index in [0.717, 1.165) is 4.47 Å². The Labute approximate surface area is 264 Å². The minimum atomic E-state index is -0.924. The zero-order valence-electron chi connectivity index (χ0n) is 23.9. The summed E-state index contributed by atoms with van der Waals surface area (Å²) in [7, 11) is 0. The molecule has 4 rings (SSSR count). The van der Waals surface area contributed by atoms with Crippen LogP contribution in [-0.4, -0.2) is 36.4 Å². The van der Waals surface area contributed by atoms with E-state index >= 15 is 0 Å². The number of aliphatic hydroxyl groups excluding tert-OH is 1. The monoisotopic (exact) mass is 659 g/mol. The molecule has 0 radical (unpaired) electrons. The Kier molecular flexibility index (Phi) is 12.2. The van der Waals surface area contributed by atoms with Gasteiger partial charge in [0.05, 0.1) is 18.0 Å². The first-order chi connectivity index (χ1) is 21.4. The van der Waals surface area contributed by atoms with Crippen molar-refractivity contribution in [1.29, 1.82) is 0 Å². The lowest BCUT2D eigenvalue weighted by atomic mass is 9.99. The molecule has 10 heteroatoms. The highest BCUT2D eigenvalue weighted by Gasteiger charge is 2.31. The van der Waals surface area contributed by atoms with Crippen LogP contribution in [0.15, 0.2) is 120 Å². The van der Waals surface area contributed by atoms with Crippen LogP contribution in [-0.2, 0) is 9.53 Å². The molecule has 0 aromatic heterocycles. The molecule has 0 aliphatic carbocycles. The van der Waals surface area contributed by atoms with Crippen LogP contribution in [0.5, 0.6) is 11.5 Å². The quantitative estimate of drug-likeness (QED) is 0.0837. The number of rotatable bonds is 14. The highest BCUT2D eigenvalue weighted by Crippen LogP contribution is 2.35. The number of carbonyl (C=O) groups is 2. The predicted octanol–water partition coefficient (Wildman–Crippen LogP) is 7.11. The number of allylic oxidation sites excluding steroid dienone is 1. The molecule has 0 saturated heterocycles. The Hall–Kier alpha value is -4.80. The predicted molar refractivity (Wildman–Crippen MR) is 175 cm³/mol. The summed E-state index contributed by atoms with van der Waals surface area (Å²) >= 11 is 3.39. The van der Waals surface area contributed by atoms with Crippen molar-refractivity contribution < 1.29 is 28.9 Å². The minimum absolute atomic E-state index is 0.0583. The number of aliphatic hydroxyl groups is 1. The molecule has 0 aliphatic heterocycles. The molecule has 0 heterocycles. The van der Waals surface area contributed by atoms with E-state index in [1.54, 1.807) is 72.8 Å². The average molecular weight is 661 g/mol. The van der Waals surface area contributed by atoms with Gasteiger partial charge in [-0.25, -0.2) is 4.79 Å². The third-order valence-corrected chi connectivity index (χ3v) is 6.90. The number of benzene rings is 4. The summed E-state index contributed by atoms with van der Waals surface area (Å²) in [4.78, 5) is 25.8. The van der Waals surface area contributed by atoms with Crippen molar-refractivity contribution in [2.75, 3.05) is 29.6 Å². The van der Waals surface area contributed by atoms with Crippen molar-refractivity contribution in [1.82, 2.24) is 0 Å². The van der Waals surface area contributed by atoms with E-state index in [0.29, 0.717) is 47.0 Å². The number of nitrogen functional groups attached to an aromatic ring is 1. The number of halogens is 1. The fourth-order valence-corrected chi connectivity index (χ4v) is 4.58. The van der Waals surface area contributed by atoms with Crippen LogP contribution in [0.3, 0.4) is 0 Å². The van der Waals surface area contributed by atoms with Gasteiger partial charge in [0.15, 0.2) is 6.10 Å². The van der Waals surface area contributed by atoms with Gasteiger partial charge in [-0.05, 0) is 73.5 Å². The SMILES string of the molecule is Nc1ccccc1NC(=O)/C=C/CC[C@@H](Oc1ccccc1)[C@H](OC(=O)Nc1ccc(Br)cc1)c1ccccc1OCCO. The van der Waals surface area contributed by atoms with Gasteiger partial charge in [0.25, 0.3) is 0 Å². The summed E-state index contributed by atoms with van der Waals surface area (Å²) in [5.41, 5.74) is 8.04. The van der Waals surface area contributed by atoms with Crippen molar-refractivity contribution >= 4 is 45.0 Å². The number of amides is 2. The zero-order valence-corrected chi connectivity index (χ0v) is 25.5.